The molecule has 112 valence electrons. The minimum absolute atomic E-state index is 0.0804. The van der Waals surface area contributed by atoms with Crippen LogP contribution >= 0.6 is 0 Å². The molecule has 0 unspecified atom stereocenters. The zero-order chi connectivity index (χ0) is 14.8. The van der Waals surface area contributed by atoms with Crippen molar-refractivity contribution in [2.75, 3.05) is 13.2 Å². The van der Waals surface area contributed by atoms with E-state index >= 15 is 0 Å². The first kappa shape index (κ1) is 14.2. The average Bonchev–Trinajstić information content (AvgIpc) is 2.83. The molecule has 3 aliphatic rings. The van der Waals surface area contributed by atoms with Crippen LogP contribution in [0.1, 0.15) is 27.7 Å². The Balaban J connectivity index is 1.98. The maximum absolute atomic E-state index is 9.64. The third kappa shape index (κ3) is 1.80. The quantitative estimate of drug-likeness (QED) is 0.680. The van der Waals surface area contributed by atoms with Crippen LogP contribution in [0.5, 0.6) is 0 Å². The Bertz CT molecular complexity index is 472. The van der Waals surface area contributed by atoms with Gasteiger partial charge in [0.25, 0.3) is 0 Å². The van der Waals surface area contributed by atoms with Crippen molar-refractivity contribution in [2.45, 2.75) is 62.8 Å². The minimum atomic E-state index is -1.50. The lowest BCUT2D eigenvalue weighted by Gasteiger charge is -2.47. The highest BCUT2D eigenvalue weighted by molar-refractivity contribution is 5.24. The zero-order valence-corrected chi connectivity index (χ0v) is 12.1. The zero-order valence-electron chi connectivity index (χ0n) is 12.1. The van der Waals surface area contributed by atoms with Gasteiger partial charge in [0.05, 0.1) is 12.7 Å². The number of fused-ring (bicyclic) bond motifs is 1. The molecule has 0 radical (unpaired) electrons. The van der Waals surface area contributed by atoms with Gasteiger partial charge in [0.15, 0.2) is 17.1 Å². The van der Waals surface area contributed by atoms with E-state index in [1.165, 1.54) is 0 Å². The molecule has 3 saturated heterocycles. The van der Waals surface area contributed by atoms with Gasteiger partial charge < -0.3 is 29.4 Å². The maximum Gasteiger partial charge on any atom is 0.229 e. The first-order chi connectivity index (χ1) is 9.13. The monoisotopic (exact) mass is 284 g/mol. The summed E-state index contributed by atoms with van der Waals surface area (Å²) in [6.07, 6.45) is -1.03. The Morgan fingerprint density at radius 2 is 1.80 bits per heavy atom. The molecule has 20 heavy (non-hydrogen) atoms. The van der Waals surface area contributed by atoms with Gasteiger partial charge in [0, 0.05) is 0 Å². The number of hydrogen-bond acceptors (Lipinski definition) is 7. The third-order valence-electron chi connectivity index (χ3n) is 3.95. The molecular formula is C13H20N2O5. The van der Waals surface area contributed by atoms with Crippen molar-refractivity contribution in [1.82, 2.24) is 0 Å². The van der Waals surface area contributed by atoms with Gasteiger partial charge in [-0.1, -0.05) is 0 Å². The summed E-state index contributed by atoms with van der Waals surface area (Å²) in [6.45, 7) is 7.40. The summed E-state index contributed by atoms with van der Waals surface area (Å²) in [6, 6.07) is 2.10. The average molecular weight is 284 g/mol. The van der Waals surface area contributed by atoms with Crippen LogP contribution in [0.15, 0.2) is 0 Å². The van der Waals surface area contributed by atoms with Crippen molar-refractivity contribution in [2.24, 2.45) is 5.73 Å². The molecule has 3 aliphatic heterocycles. The Morgan fingerprint density at radius 1 is 1.10 bits per heavy atom. The summed E-state index contributed by atoms with van der Waals surface area (Å²) in [5, 5.41) is 9.64. The van der Waals surface area contributed by atoms with E-state index in [0.29, 0.717) is 0 Å². The molecule has 0 bridgehead atoms. The highest BCUT2D eigenvalue weighted by Gasteiger charge is 2.70. The minimum Gasteiger partial charge on any atom is -0.345 e. The third-order valence-corrected chi connectivity index (χ3v) is 3.95. The van der Waals surface area contributed by atoms with Crippen LogP contribution in [0.25, 0.3) is 0 Å². The number of nitriles is 1. The molecule has 7 heteroatoms. The fourth-order valence-electron chi connectivity index (χ4n) is 3.04. The molecule has 7 nitrogen and oxygen atoms in total. The number of ether oxygens (including phenoxy) is 5. The van der Waals surface area contributed by atoms with Gasteiger partial charge >= 0.3 is 0 Å². The van der Waals surface area contributed by atoms with E-state index in [1.54, 1.807) is 27.7 Å². The first-order valence-corrected chi connectivity index (χ1v) is 6.67. The largest absolute Gasteiger partial charge is 0.345 e. The van der Waals surface area contributed by atoms with Crippen molar-refractivity contribution < 1.29 is 23.7 Å². The van der Waals surface area contributed by atoms with Crippen molar-refractivity contribution >= 4 is 0 Å². The van der Waals surface area contributed by atoms with Gasteiger partial charge in [0.2, 0.25) is 5.79 Å². The normalized spacial score (nSPS) is 49.0. The number of nitrogens with zero attached hydrogens (tertiary/aromatic N) is 1. The molecule has 3 heterocycles. The summed E-state index contributed by atoms with van der Waals surface area (Å²) < 4.78 is 28.7. The molecule has 0 aromatic rings. The van der Waals surface area contributed by atoms with E-state index in [9.17, 15) is 5.26 Å². The summed E-state index contributed by atoms with van der Waals surface area (Å²) in [5.41, 5.74) is 4.83. The summed E-state index contributed by atoms with van der Waals surface area (Å²) in [5.74, 6) is -3.00. The van der Waals surface area contributed by atoms with Gasteiger partial charge in [-0.2, -0.15) is 5.26 Å². The summed E-state index contributed by atoms with van der Waals surface area (Å²) in [4.78, 5) is 0. The van der Waals surface area contributed by atoms with Gasteiger partial charge in [-0.15, -0.1) is 0 Å². The first-order valence-electron chi connectivity index (χ1n) is 6.67. The second kappa shape index (κ2) is 3.91. The van der Waals surface area contributed by atoms with Crippen LogP contribution in [0.2, 0.25) is 0 Å². The molecule has 0 aromatic carbocycles. The standard InChI is InChI=1S/C13H20N2O5/c1-10(2)17-7-13(20-10)12(15,6-14)9-8(5-16-13)18-11(3,4)19-9/h8-9H,5,7,15H2,1-4H3/t8-,9-,12-,13+/m1/s1. The number of rotatable bonds is 0. The lowest BCUT2D eigenvalue weighted by Crippen LogP contribution is -2.74. The molecule has 1 spiro atoms. The number of hydrogen-bond donors (Lipinski definition) is 1. The second-order valence-electron chi connectivity index (χ2n) is 6.43. The molecule has 0 aliphatic carbocycles. The van der Waals surface area contributed by atoms with Gasteiger partial charge in [-0.25, -0.2) is 0 Å². The van der Waals surface area contributed by atoms with Gasteiger partial charge in [0.1, 0.15) is 18.8 Å². The molecule has 2 N–H and O–H groups in total. The van der Waals surface area contributed by atoms with Crippen LogP contribution in [0.4, 0.5) is 0 Å². The van der Waals surface area contributed by atoms with Gasteiger partial charge in [-0.3, -0.25) is 0 Å². The van der Waals surface area contributed by atoms with Crippen LogP contribution in [0, 0.1) is 11.3 Å². The van der Waals surface area contributed by atoms with Gasteiger partial charge in [-0.05, 0) is 27.7 Å². The fourth-order valence-corrected chi connectivity index (χ4v) is 3.04. The molecule has 0 saturated carbocycles. The Kier molecular flexibility index (Phi) is 2.78. The van der Waals surface area contributed by atoms with Crippen molar-refractivity contribution in [3.8, 4) is 6.07 Å². The van der Waals surface area contributed by atoms with Crippen molar-refractivity contribution in [3.05, 3.63) is 0 Å². The fraction of sp³-hybridized carbons (Fsp3) is 0.923. The smallest absolute Gasteiger partial charge is 0.229 e. The van der Waals surface area contributed by atoms with E-state index in [-0.39, 0.29) is 13.2 Å². The molecule has 0 aromatic heterocycles. The van der Waals surface area contributed by atoms with Crippen LogP contribution in [-0.4, -0.2) is 48.3 Å². The topological polar surface area (TPSA) is 96.0 Å². The van der Waals surface area contributed by atoms with Crippen LogP contribution < -0.4 is 5.73 Å². The van der Waals surface area contributed by atoms with Crippen LogP contribution in [0.3, 0.4) is 0 Å². The van der Waals surface area contributed by atoms with E-state index in [4.69, 9.17) is 29.4 Å². The van der Waals surface area contributed by atoms with Crippen molar-refractivity contribution in [3.63, 3.8) is 0 Å². The SMILES string of the molecule is CC1(C)O[C@@H]2[C@@H](CO[C@]3(COC(C)(C)O3)[C@@]2(N)C#N)O1. The van der Waals surface area contributed by atoms with E-state index < -0.39 is 35.1 Å². The second-order valence-corrected chi connectivity index (χ2v) is 6.43. The lowest BCUT2D eigenvalue weighted by atomic mass is 9.81. The summed E-state index contributed by atoms with van der Waals surface area (Å²) in [7, 11) is 0. The molecule has 4 atom stereocenters. The van der Waals surface area contributed by atoms with Crippen molar-refractivity contribution in [1.29, 1.82) is 5.26 Å². The van der Waals surface area contributed by atoms with E-state index in [2.05, 4.69) is 6.07 Å². The lowest BCUT2D eigenvalue weighted by molar-refractivity contribution is -0.307. The van der Waals surface area contributed by atoms with E-state index in [1.807, 2.05) is 0 Å². The highest BCUT2D eigenvalue weighted by atomic mass is 16.8. The molecular weight excluding hydrogens is 264 g/mol. The molecule has 0 amide bonds. The summed E-state index contributed by atoms with van der Waals surface area (Å²) >= 11 is 0. The molecule has 3 fully saturated rings. The predicted molar refractivity (Wildman–Crippen MR) is 66.2 cm³/mol. The maximum atomic E-state index is 9.64. The number of nitrogens with two attached hydrogens (primary N) is 1. The molecule has 3 rings (SSSR count). The Hall–Kier alpha value is -0.750. The Morgan fingerprint density at radius 3 is 2.35 bits per heavy atom. The van der Waals surface area contributed by atoms with E-state index in [0.717, 1.165) is 0 Å². The Labute approximate surface area is 117 Å². The predicted octanol–water partition coefficient (Wildman–Crippen LogP) is 0.237. The highest BCUT2D eigenvalue weighted by Crippen LogP contribution is 2.47. The van der Waals surface area contributed by atoms with Crippen LogP contribution in [-0.2, 0) is 23.7 Å².